The predicted octanol–water partition coefficient (Wildman–Crippen LogP) is 2.23. The van der Waals surface area contributed by atoms with E-state index in [0.717, 1.165) is 25.2 Å². The van der Waals surface area contributed by atoms with E-state index < -0.39 is 0 Å². The fourth-order valence-corrected chi connectivity index (χ4v) is 1.47. The van der Waals surface area contributed by atoms with Crippen LogP contribution in [0, 0.1) is 0 Å². The fourth-order valence-electron chi connectivity index (χ4n) is 0.932. The van der Waals surface area contributed by atoms with Gasteiger partial charge in [-0.25, -0.2) is 0 Å². The molecule has 0 rings (SSSR count). The molecule has 0 amide bonds. The van der Waals surface area contributed by atoms with Crippen molar-refractivity contribution >= 4 is 12.6 Å². The molecule has 0 aromatic heterocycles. The van der Waals surface area contributed by atoms with Crippen LogP contribution in [0.4, 0.5) is 0 Å². The number of ether oxygens (including phenoxy) is 1. The van der Waals surface area contributed by atoms with Crippen LogP contribution in [-0.4, -0.2) is 23.5 Å². The molecular weight excluding hydrogens is 182 g/mol. The number of thiol groups is 1. The fraction of sp³-hybridized carbons (Fsp3) is 1.00. The molecule has 0 aliphatic carbocycles. The Balaban J connectivity index is 3.63. The van der Waals surface area contributed by atoms with Crippen LogP contribution in [-0.2, 0) is 4.74 Å². The third kappa shape index (κ3) is 8.60. The van der Waals surface area contributed by atoms with Crippen LogP contribution in [0.3, 0.4) is 0 Å². The van der Waals surface area contributed by atoms with E-state index in [9.17, 15) is 0 Å². The highest BCUT2D eigenvalue weighted by atomic mass is 32.1. The summed E-state index contributed by atoms with van der Waals surface area (Å²) in [4.78, 5) is 0. The molecule has 80 valence electrons. The number of nitrogens with two attached hydrogens (primary N) is 1. The molecule has 0 spiro atoms. The van der Waals surface area contributed by atoms with E-state index in [1.807, 2.05) is 13.8 Å². The highest BCUT2D eigenvalue weighted by molar-refractivity contribution is 7.80. The maximum atomic E-state index is 5.84. The monoisotopic (exact) mass is 205 g/mol. The molecule has 13 heavy (non-hydrogen) atoms. The maximum absolute atomic E-state index is 5.84. The average molecular weight is 205 g/mol. The lowest BCUT2D eigenvalue weighted by atomic mass is 10.0. The lowest BCUT2D eigenvalue weighted by Crippen LogP contribution is -2.35. The molecule has 0 heterocycles. The zero-order valence-electron chi connectivity index (χ0n) is 9.26. The minimum absolute atomic E-state index is 0.0625. The van der Waals surface area contributed by atoms with Crippen LogP contribution in [0.2, 0.25) is 0 Å². The normalized spacial score (nSPS) is 13.4. The second kappa shape index (κ2) is 5.23. The van der Waals surface area contributed by atoms with Crippen molar-refractivity contribution in [3.05, 3.63) is 0 Å². The van der Waals surface area contributed by atoms with Crippen LogP contribution in [0.25, 0.3) is 0 Å². The molecule has 0 fully saturated rings. The topological polar surface area (TPSA) is 35.2 Å². The largest absolute Gasteiger partial charge is 0.375 e. The van der Waals surface area contributed by atoms with Gasteiger partial charge in [0.1, 0.15) is 0 Å². The molecule has 2 N–H and O–H groups in total. The van der Waals surface area contributed by atoms with Crippen molar-refractivity contribution in [3.8, 4) is 0 Å². The van der Waals surface area contributed by atoms with Gasteiger partial charge >= 0.3 is 0 Å². The maximum Gasteiger partial charge on any atom is 0.0634 e. The van der Waals surface area contributed by atoms with Crippen LogP contribution < -0.4 is 5.73 Å². The molecule has 0 aliphatic heterocycles. The van der Waals surface area contributed by atoms with Crippen molar-refractivity contribution in [2.75, 3.05) is 12.4 Å². The second-order valence-electron chi connectivity index (χ2n) is 4.82. The Kier molecular flexibility index (Phi) is 5.33. The van der Waals surface area contributed by atoms with Gasteiger partial charge in [0.25, 0.3) is 0 Å². The molecule has 0 unspecified atom stereocenters. The van der Waals surface area contributed by atoms with Gasteiger partial charge in [0.05, 0.1) is 5.60 Å². The van der Waals surface area contributed by atoms with Gasteiger partial charge in [-0.1, -0.05) is 0 Å². The number of rotatable bonds is 6. The van der Waals surface area contributed by atoms with Crippen molar-refractivity contribution < 1.29 is 4.74 Å². The Morgan fingerprint density at radius 3 is 2.08 bits per heavy atom. The first-order valence-corrected chi connectivity index (χ1v) is 5.44. The Hall–Kier alpha value is 0.270. The van der Waals surface area contributed by atoms with Gasteiger partial charge in [-0.15, -0.1) is 0 Å². The molecule has 0 aliphatic rings. The predicted molar refractivity (Wildman–Crippen MR) is 61.4 cm³/mol. The van der Waals surface area contributed by atoms with Crippen molar-refractivity contribution in [1.82, 2.24) is 0 Å². The Morgan fingerprint density at radius 2 is 1.69 bits per heavy atom. The lowest BCUT2D eigenvalue weighted by Gasteiger charge is -2.27. The Bertz CT molecular complexity index is 140. The zero-order valence-corrected chi connectivity index (χ0v) is 10.2. The van der Waals surface area contributed by atoms with Crippen LogP contribution in [0.15, 0.2) is 0 Å². The van der Waals surface area contributed by atoms with E-state index >= 15 is 0 Å². The number of hydrogen-bond acceptors (Lipinski definition) is 3. The van der Waals surface area contributed by atoms with Crippen molar-refractivity contribution in [3.63, 3.8) is 0 Å². The molecular formula is C10H23NOS. The van der Waals surface area contributed by atoms with Gasteiger partial charge in [-0.2, -0.15) is 12.6 Å². The summed E-state index contributed by atoms with van der Waals surface area (Å²) in [6, 6.07) is 0. The van der Waals surface area contributed by atoms with E-state index in [4.69, 9.17) is 10.5 Å². The molecule has 0 saturated carbocycles. The van der Waals surface area contributed by atoms with Crippen molar-refractivity contribution in [2.24, 2.45) is 5.73 Å². The third-order valence-electron chi connectivity index (χ3n) is 1.95. The summed E-state index contributed by atoms with van der Waals surface area (Å²) in [7, 11) is 0. The molecule has 0 radical (unpaired) electrons. The number of hydrogen-bond donors (Lipinski definition) is 2. The molecule has 0 saturated heterocycles. The summed E-state index contributed by atoms with van der Waals surface area (Å²) in [5.41, 5.74) is 5.65. The SMILES string of the molecule is CC(C)(N)CCOC(C)(C)CCS. The molecule has 0 atom stereocenters. The van der Waals surface area contributed by atoms with Gasteiger partial charge in [0.2, 0.25) is 0 Å². The van der Waals surface area contributed by atoms with Crippen LogP contribution in [0.5, 0.6) is 0 Å². The van der Waals surface area contributed by atoms with E-state index in [0.29, 0.717) is 0 Å². The summed E-state index contributed by atoms with van der Waals surface area (Å²) >= 11 is 4.19. The Labute approximate surface area is 87.6 Å². The first-order chi connectivity index (χ1) is 5.77. The van der Waals surface area contributed by atoms with E-state index in [1.165, 1.54) is 0 Å². The molecule has 3 heteroatoms. The summed E-state index contributed by atoms with van der Waals surface area (Å²) in [5, 5.41) is 0. The van der Waals surface area contributed by atoms with E-state index in [1.54, 1.807) is 0 Å². The minimum Gasteiger partial charge on any atom is -0.375 e. The summed E-state index contributed by atoms with van der Waals surface area (Å²) in [5.74, 6) is 0.860. The quantitative estimate of drug-likeness (QED) is 0.652. The zero-order chi connectivity index (χ0) is 10.5. The third-order valence-corrected chi connectivity index (χ3v) is 2.18. The minimum atomic E-state index is -0.128. The highest BCUT2D eigenvalue weighted by Gasteiger charge is 2.18. The van der Waals surface area contributed by atoms with Gasteiger partial charge in [0.15, 0.2) is 0 Å². The molecule has 0 aromatic carbocycles. The molecule has 0 bridgehead atoms. The van der Waals surface area contributed by atoms with E-state index in [-0.39, 0.29) is 11.1 Å². The second-order valence-corrected chi connectivity index (χ2v) is 5.27. The van der Waals surface area contributed by atoms with Crippen molar-refractivity contribution in [2.45, 2.75) is 51.7 Å². The van der Waals surface area contributed by atoms with Gasteiger partial charge in [0, 0.05) is 12.1 Å². The standard InChI is InChI=1S/C10H23NOS/c1-9(2,11)5-7-12-10(3,4)6-8-13/h13H,5-8,11H2,1-4H3. The molecule has 0 aromatic rings. The summed E-state index contributed by atoms with van der Waals surface area (Å²) in [6.07, 6.45) is 1.87. The first kappa shape index (κ1) is 13.3. The molecule has 2 nitrogen and oxygen atoms in total. The lowest BCUT2D eigenvalue weighted by molar-refractivity contribution is -0.0249. The highest BCUT2D eigenvalue weighted by Crippen LogP contribution is 2.16. The van der Waals surface area contributed by atoms with Crippen molar-refractivity contribution in [1.29, 1.82) is 0 Å². The van der Waals surface area contributed by atoms with Crippen LogP contribution in [0.1, 0.15) is 40.5 Å². The van der Waals surface area contributed by atoms with Crippen LogP contribution >= 0.6 is 12.6 Å². The van der Waals surface area contributed by atoms with Gasteiger partial charge < -0.3 is 10.5 Å². The van der Waals surface area contributed by atoms with Gasteiger partial charge in [-0.05, 0) is 46.3 Å². The van der Waals surface area contributed by atoms with Gasteiger partial charge in [-0.3, -0.25) is 0 Å². The summed E-state index contributed by atoms with van der Waals surface area (Å²) < 4.78 is 5.72. The summed E-state index contributed by atoms with van der Waals surface area (Å²) in [6.45, 7) is 8.94. The Morgan fingerprint density at radius 1 is 1.15 bits per heavy atom. The smallest absolute Gasteiger partial charge is 0.0634 e. The average Bonchev–Trinajstić information content (AvgIpc) is 1.82. The van der Waals surface area contributed by atoms with E-state index in [2.05, 4.69) is 26.5 Å². The first-order valence-electron chi connectivity index (χ1n) is 4.80.